The van der Waals surface area contributed by atoms with Gasteiger partial charge in [0.25, 0.3) is 11.8 Å². The summed E-state index contributed by atoms with van der Waals surface area (Å²) in [6, 6.07) is 14.1. The van der Waals surface area contributed by atoms with Gasteiger partial charge in [-0.15, -0.1) is 0 Å². The highest BCUT2D eigenvalue weighted by atomic mass is 19.4. The van der Waals surface area contributed by atoms with Crippen molar-refractivity contribution in [1.82, 2.24) is 38.7 Å². The van der Waals surface area contributed by atoms with E-state index in [2.05, 4.69) is 25.8 Å². The number of primary amides is 1. The average molecular weight is 993 g/mol. The van der Waals surface area contributed by atoms with Crippen molar-refractivity contribution in [2.45, 2.75) is 85.2 Å². The Morgan fingerprint density at radius 1 is 0.623 bits per heavy atom. The molecule has 0 atom stereocenters. The van der Waals surface area contributed by atoms with Crippen LogP contribution >= 0.6 is 0 Å². The molecule has 69 heavy (non-hydrogen) atoms. The number of anilines is 3. The molecule has 21 nitrogen and oxygen atoms in total. The molecule has 0 spiro atoms. The number of halogens is 9. The molecule has 0 radical (unpaired) electrons. The third-order valence-electron chi connectivity index (χ3n) is 8.90. The van der Waals surface area contributed by atoms with Crippen LogP contribution in [0.3, 0.4) is 0 Å². The van der Waals surface area contributed by atoms with Crippen LogP contribution in [0.25, 0.3) is 22.1 Å². The van der Waals surface area contributed by atoms with Gasteiger partial charge in [-0.2, -0.15) is 49.7 Å². The zero-order valence-corrected chi connectivity index (χ0v) is 36.3. The minimum atomic E-state index is -5.08. The summed E-state index contributed by atoms with van der Waals surface area (Å²) in [6.45, 7) is 9.63. The number of fused-ring (bicyclic) bond motifs is 2. The van der Waals surface area contributed by atoms with E-state index in [1.54, 1.807) is 45.8 Å². The number of aromatic nitrogens is 8. The number of hydrogen-bond donors (Lipinski definition) is 7. The van der Waals surface area contributed by atoms with E-state index in [4.69, 9.17) is 46.2 Å². The number of carboxylic acids is 3. The number of imidazole rings is 2. The summed E-state index contributed by atoms with van der Waals surface area (Å²) in [6.07, 6.45) is -13.9. The number of benzene rings is 2. The Bertz CT molecular complexity index is 2790. The molecule has 0 aliphatic rings. The van der Waals surface area contributed by atoms with Crippen LogP contribution in [-0.2, 0) is 40.6 Å². The molecule has 4 heterocycles. The van der Waals surface area contributed by atoms with E-state index in [0.717, 1.165) is 22.4 Å². The molecular weight excluding hydrogens is 951 g/mol. The number of nitrogens with zero attached hydrogens (tertiary/aromatic N) is 8. The van der Waals surface area contributed by atoms with Crippen molar-refractivity contribution in [1.29, 1.82) is 0 Å². The first-order valence-electron chi connectivity index (χ1n) is 19.6. The first-order valence-corrected chi connectivity index (χ1v) is 19.6. The number of carbonyl (C=O) groups excluding carboxylic acids is 3. The summed E-state index contributed by atoms with van der Waals surface area (Å²) in [5, 5.41) is 36.1. The first-order chi connectivity index (χ1) is 31.9. The number of nitrogen functional groups attached to an aromatic ring is 1. The second-order valence-corrected chi connectivity index (χ2v) is 14.0. The lowest BCUT2D eigenvalue weighted by Crippen LogP contribution is -2.21. The first kappa shape index (κ1) is 55.1. The third kappa shape index (κ3) is 14.9. The zero-order chi connectivity index (χ0) is 52.3. The van der Waals surface area contributed by atoms with Gasteiger partial charge in [0.05, 0.1) is 33.6 Å². The van der Waals surface area contributed by atoms with Crippen LogP contribution in [0.5, 0.6) is 0 Å². The molecule has 9 N–H and O–H groups in total. The molecule has 0 fully saturated rings. The third-order valence-corrected chi connectivity index (χ3v) is 8.90. The lowest BCUT2D eigenvalue weighted by Gasteiger charge is -2.13. The maximum absolute atomic E-state index is 13.4. The van der Waals surface area contributed by atoms with Gasteiger partial charge in [0.15, 0.2) is 0 Å². The van der Waals surface area contributed by atoms with E-state index in [0.29, 0.717) is 84.6 Å². The number of aryl methyl sites for hydroxylation is 6. The molecule has 374 valence electrons. The van der Waals surface area contributed by atoms with Gasteiger partial charge in [-0.05, 0) is 83.0 Å². The quantitative estimate of drug-likeness (QED) is 0.0420. The van der Waals surface area contributed by atoms with Crippen LogP contribution in [0.4, 0.5) is 57.1 Å². The molecule has 0 saturated carbocycles. The minimum Gasteiger partial charge on any atom is -0.475 e. The molecule has 0 saturated heterocycles. The number of alkyl halides is 9. The Kier molecular flexibility index (Phi) is 18.0. The van der Waals surface area contributed by atoms with Crippen molar-refractivity contribution in [3.8, 4) is 0 Å². The molecular formula is C39H41F9N12O9. The van der Waals surface area contributed by atoms with E-state index in [1.807, 2.05) is 49.0 Å². The molecule has 6 rings (SSSR count). The van der Waals surface area contributed by atoms with E-state index in [9.17, 15) is 53.9 Å². The number of hydrogen-bond acceptors (Lipinski definition) is 11. The summed E-state index contributed by atoms with van der Waals surface area (Å²) < 4.78 is 102. The smallest absolute Gasteiger partial charge is 0.475 e. The number of aliphatic carboxylic acids is 3. The van der Waals surface area contributed by atoms with Crippen LogP contribution in [0.15, 0.2) is 48.5 Å². The van der Waals surface area contributed by atoms with Gasteiger partial charge in [0, 0.05) is 31.7 Å². The van der Waals surface area contributed by atoms with Gasteiger partial charge in [0.1, 0.15) is 16.9 Å². The highest BCUT2D eigenvalue weighted by Gasteiger charge is 2.39. The molecule has 0 unspecified atom stereocenters. The lowest BCUT2D eigenvalue weighted by atomic mass is 10.2. The van der Waals surface area contributed by atoms with E-state index in [1.165, 1.54) is 0 Å². The summed E-state index contributed by atoms with van der Waals surface area (Å²) in [5.41, 5.74) is 17.6. The molecule has 30 heteroatoms. The van der Waals surface area contributed by atoms with Crippen molar-refractivity contribution in [2.75, 3.05) is 16.4 Å². The lowest BCUT2D eigenvalue weighted by molar-refractivity contribution is -0.193. The fourth-order valence-corrected chi connectivity index (χ4v) is 5.90. The predicted molar refractivity (Wildman–Crippen MR) is 224 cm³/mol. The van der Waals surface area contributed by atoms with Crippen molar-refractivity contribution < 1.29 is 83.6 Å². The van der Waals surface area contributed by atoms with Crippen LogP contribution < -0.4 is 22.1 Å². The molecule has 4 aromatic heterocycles. The van der Waals surface area contributed by atoms with Gasteiger partial charge in [-0.3, -0.25) is 34.4 Å². The molecule has 2 aromatic carbocycles. The van der Waals surface area contributed by atoms with Gasteiger partial charge >= 0.3 is 36.4 Å². The molecule has 6 aromatic rings. The Hall–Kier alpha value is -8.21. The maximum Gasteiger partial charge on any atom is 0.490 e. The van der Waals surface area contributed by atoms with Crippen molar-refractivity contribution >= 4 is 75.3 Å². The Balaban J connectivity index is 0.000000500. The van der Waals surface area contributed by atoms with Gasteiger partial charge < -0.3 is 35.9 Å². The summed E-state index contributed by atoms with van der Waals surface area (Å²) >= 11 is 0. The number of carbonyl (C=O) groups is 6. The SMILES string of the molecule is CCn1nc(C)cc1C(=O)Nc1nc2cc(C(N)=O)ccc2n1CCCCn1c(NC(=O)c2cc(C)nn2CC)nc2c(N)cccc21.O=C(O)C(F)(F)F.O=C(O)C(F)(F)F.O=C(O)C(F)(F)F. The Labute approximate surface area is 381 Å². The van der Waals surface area contributed by atoms with E-state index in [-0.39, 0.29) is 11.8 Å². The van der Waals surface area contributed by atoms with Crippen LogP contribution in [0.2, 0.25) is 0 Å². The summed E-state index contributed by atoms with van der Waals surface area (Å²) in [7, 11) is 0. The van der Waals surface area contributed by atoms with Crippen molar-refractivity contribution in [3.05, 3.63) is 76.9 Å². The van der Waals surface area contributed by atoms with Gasteiger partial charge in [0.2, 0.25) is 17.8 Å². The number of nitrogens with two attached hydrogens (primary N) is 2. The minimum absolute atomic E-state index is 0.312. The highest BCUT2D eigenvalue weighted by Crippen LogP contribution is 2.27. The largest absolute Gasteiger partial charge is 0.490 e. The highest BCUT2D eigenvalue weighted by molar-refractivity contribution is 6.04. The zero-order valence-electron chi connectivity index (χ0n) is 36.3. The molecule has 0 aliphatic heterocycles. The van der Waals surface area contributed by atoms with Crippen LogP contribution in [-0.4, -0.2) is 108 Å². The van der Waals surface area contributed by atoms with Gasteiger partial charge in [-0.1, -0.05) is 6.07 Å². The van der Waals surface area contributed by atoms with Crippen molar-refractivity contribution in [2.24, 2.45) is 5.73 Å². The second kappa shape index (κ2) is 22.5. The molecule has 0 bridgehead atoms. The van der Waals surface area contributed by atoms with E-state index < -0.39 is 42.3 Å². The van der Waals surface area contributed by atoms with E-state index >= 15 is 0 Å². The fourth-order valence-electron chi connectivity index (χ4n) is 5.90. The maximum atomic E-state index is 13.4. The average Bonchev–Trinajstić information content (AvgIpc) is 4.01. The normalized spacial score (nSPS) is 11.4. The number of para-hydroxylation sites is 1. The van der Waals surface area contributed by atoms with Crippen LogP contribution in [0.1, 0.15) is 69.4 Å². The fraction of sp³-hybridized carbons (Fsp3) is 0.333. The number of amides is 3. The topological polar surface area (TPSA) is 310 Å². The number of unbranched alkanes of at least 4 members (excludes halogenated alkanes) is 1. The molecule has 3 amide bonds. The predicted octanol–water partition coefficient (Wildman–Crippen LogP) is 6.00. The summed E-state index contributed by atoms with van der Waals surface area (Å²) in [5.74, 6) is -8.76. The Morgan fingerprint density at radius 2 is 1.03 bits per heavy atom. The van der Waals surface area contributed by atoms with Crippen molar-refractivity contribution in [3.63, 3.8) is 0 Å². The second-order valence-electron chi connectivity index (χ2n) is 14.0. The van der Waals surface area contributed by atoms with Gasteiger partial charge in [-0.25, -0.2) is 24.4 Å². The number of rotatable bonds is 12. The van der Waals surface area contributed by atoms with Crippen LogP contribution in [0, 0.1) is 13.8 Å². The summed E-state index contributed by atoms with van der Waals surface area (Å²) in [4.78, 5) is 74.6. The number of nitrogens with one attached hydrogen (secondary N) is 2. The number of carboxylic acid groups (broad SMARTS) is 3. The molecule has 0 aliphatic carbocycles. The standard InChI is InChI=1S/C33H38N12O3.3C2HF3O2/c1-5-44-26(16-19(3)40-44)30(47)38-32-36-23-18-21(29(35)46)12-13-24(23)42(32)14-7-8-15-43-25-11-9-10-22(34)28(25)37-33(43)39-31(48)27-17-20(4)41-45(27)6-2;3*3-2(4,5)1(6)7/h9-13,16-18H,5-8,14-15,34H2,1-4H3,(H2,35,46)(H,36,38,47)(H,37,39,48);3*(H,6,7). The Morgan fingerprint density at radius 3 is 1.42 bits per heavy atom. The monoisotopic (exact) mass is 992 g/mol.